The average molecular weight is 219 g/mol. The van der Waals surface area contributed by atoms with Crippen molar-refractivity contribution in [1.29, 1.82) is 5.26 Å². The Morgan fingerprint density at radius 3 is 2.69 bits per heavy atom. The van der Waals surface area contributed by atoms with E-state index < -0.39 is 0 Å². The number of nitriles is 1. The normalized spacial score (nSPS) is 46.6. The zero-order valence-corrected chi connectivity index (χ0v) is 10.1. The van der Waals surface area contributed by atoms with Crippen LogP contribution in [0.3, 0.4) is 0 Å². The van der Waals surface area contributed by atoms with E-state index in [0.29, 0.717) is 6.04 Å². The molecule has 3 heteroatoms. The highest BCUT2D eigenvalue weighted by atomic mass is 15.3. The van der Waals surface area contributed by atoms with Gasteiger partial charge >= 0.3 is 0 Å². The molecule has 16 heavy (non-hydrogen) atoms. The smallest absolute Gasteiger partial charge is 0.114 e. The molecule has 0 aliphatic carbocycles. The minimum Gasteiger partial charge on any atom is -0.297 e. The van der Waals surface area contributed by atoms with Crippen molar-refractivity contribution < 1.29 is 0 Å². The lowest BCUT2D eigenvalue weighted by Gasteiger charge is -2.48. The van der Waals surface area contributed by atoms with Crippen LogP contribution in [-0.4, -0.2) is 48.1 Å². The van der Waals surface area contributed by atoms with Crippen LogP contribution in [-0.2, 0) is 0 Å². The number of piperidine rings is 3. The monoisotopic (exact) mass is 219 g/mol. The fourth-order valence-electron chi connectivity index (χ4n) is 4.16. The second-order valence-corrected chi connectivity index (χ2v) is 5.60. The van der Waals surface area contributed by atoms with Crippen LogP contribution in [0.15, 0.2) is 0 Å². The molecule has 3 nitrogen and oxygen atoms in total. The SMILES string of the molecule is CCCN1CC2C3CCN(CC3)C2C1C#N. The number of hydrogen-bond donors (Lipinski definition) is 0. The van der Waals surface area contributed by atoms with Gasteiger partial charge in [0.15, 0.2) is 0 Å². The number of rotatable bonds is 2. The zero-order chi connectivity index (χ0) is 11.1. The summed E-state index contributed by atoms with van der Waals surface area (Å²) in [4.78, 5) is 5.03. The number of nitrogens with zero attached hydrogens (tertiary/aromatic N) is 3. The van der Waals surface area contributed by atoms with E-state index in [2.05, 4.69) is 22.8 Å². The molecule has 2 bridgehead atoms. The molecule has 0 aromatic carbocycles. The van der Waals surface area contributed by atoms with Gasteiger partial charge in [0.2, 0.25) is 0 Å². The molecule has 3 unspecified atom stereocenters. The van der Waals surface area contributed by atoms with Crippen LogP contribution in [0.25, 0.3) is 0 Å². The highest BCUT2D eigenvalue weighted by Gasteiger charge is 2.52. The molecule has 3 atom stereocenters. The Morgan fingerprint density at radius 1 is 1.31 bits per heavy atom. The number of hydrogen-bond acceptors (Lipinski definition) is 3. The van der Waals surface area contributed by atoms with Gasteiger partial charge in [-0.15, -0.1) is 0 Å². The van der Waals surface area contributed by atoms with Crippen LogP contribution >= 0.6 is 0 Å². The van der Waals surface area contributed by atoms with Gasteiger partial charge in [-0.1, -0.05) is 6.92 Å². The van der Waals surface area contributed by atoms with Gasteiger partial charge in [-0.05, 0) is 50.7 Å². The maximum Gasteiger partial charge on any atom is 0.114 e. The summed E-state index contributed by atoms with van der Waals surface area (Å²) in [6.45, 7) is 6.98. The zero-order valence-electron chi connectivity index (χ0n) is 10.1. The van der Waals surface area contributed by atoms with Crippen molar-refractivity contribution in [2.75, 3.05) is 26.2 Å². The molecule has 4 rings (SSSR count). The van der Waals surface area contributed by atoms with Gasteiger partial charge in [-0.3, -0.25) is 9.80 Å². The van der Waals surface area contributed by atoms with E-state index in [1.165, 1.54) is 38.9 Å². The molecule has 0 aromatic rings. The fourth-order valence-corrected chi connectivity index (χ4v) is 4.16. The fraction of sp³-hybridized carbons (Fsp3) is 0.923. The Morgan fingerprint density at radius 2 is 2.06 bits per heavy atom. The van der Waals surface area contributed by atoms with E-state index in [1.54, 1.807) is 0 Å². The third-order valence-corrected chi connectivity index (χ3v) is 4.85. The Kier molecular flexibility index (Phi) is 2.65. The predicted octanol–water partition coefficient (Wildman–Crippen LogP) is 1.31. The van der Waals surface area contributed by atoms with Gasteiger partial charge in [0, 0.05) is 12.6 Å². The van der Waals surface area contributed by atoms with Gasteiger partial charge in [0.05, 0.1) is 6.07 Å². The van der Waals surface area contributed by atoms with Crippen molar-refractivity contribution in [1.82, 2.24) is 9.80 Å². The minimum atomic E-state index is 0.174. The van der Waals surface area contributed by atoms with E-state index in [1.807, 2.05) is 0 Å². The Labute approximate surface area is 98.0 Å². The van der Waals surface area contributed by atoms with Crippen LogP contribution in [0.1, 0.15) is 26.2 Å². The summed E-state index contributed by atoms with van der Waals surface area (Å²) in [6, 6.07) is 3.30. The van der Waals surface area contributed by atoms with Crippen molar-refractivity contribution in [3.8, 4) is 6.07 Å². The Hall–Kier alpha value is -0.590. The van der Waals surface area contributed by atoms with E-state index >= 15 is 0 Å². The van der Waals surface area contributed by atoms with Crippen molar-refractivity contribution in [3.05, 3.63) is 0 Å². The van der Waals surface area contributed by atoms with Crippen LogP contribution in [0.5, 0.6) is 0 Å². The predicted molar refractivity (Wildman–Crippen MR) is 62.8 cm³/mol. The average Bonchev–Trinajstić information content (AvgIpc) is 2.71. The molecule has 0 amide bonds. The molecular weight excluding hydrogens is 198 g/mol. The molecule has 88 valence electrons. The van der Waals surface area contributed by atoms with Crippen molar-refractivity contribution in [2.45, 2.75) is 38.3 Å². The molecule has 4 aliphatic heterocycles. The molecule has 4 saturated heterocycles. The van der Waals surface area contributed by atoms with Crippen LogP contribution in [0.2, 0.25) is 0 Å². The molecular formula is C13H21N3. The third kappa shape index (κ3) is 1.40. The summed E-state index contributed by atoms with van der Waals surface area (Å²) in [5.74, 6) is 1.70. The van der Waals surface area contributed by atoms with Gasteiger partial charge in [-0.2, -0.15) is 5.26 Å². The lowest BCUT2D eigenvalue weighted by molar-refractivity contribution is 0.0106. The van der Waals surface area contributed by atoms with Gasteiger partial charge in [0.25, 0.3) is 0 Å². The summed E-state index contributed by atoms with van der Waals surface area (Å²) in [7, 11) is 0. The molecule has 4 heterocycles. The summed E-state index contributed by atoms with van der Waals surface area (Å²) in [5.41, 5.74) is 0. The van der Waals surface area contributed by atoms with Crippen molar-refractivity contribution in [3.63, 3.8) is 0 Å². The molecule has 0 aromatic heterocycles. The molecule has 0 spiro atoms. The van der Waals surface area contributed by atoms with Gasteiger partial charge < -0.3 is 0 Å². The highest BCUT2D eigenvalue weighted by Crippen LogP contribution is 2.43. The first-order valence-electron chi connectivity index (χ1n) is 6.73. The first-order valence-corrected chi connectivity index (χ1v) is 6.73. The Balaban J connectivity index is 1.84. The minimum absolute atomic E-state index is 0.174. The number of fused-ring (bicyclic) bond motifs is 2. The van der Waals surface area contributed by atoms with Crippen molar-refractivity contribution >= 4 is 0 Å². The maximum atomic E-state index is 9.41. The summed E-state index contributed by atoms with van der Waals surface area (Å²) >= 11 is 0. The largest absolute Gasteiger partial charge is 0.297 e. The highest BCUT2D eigenvalue weighted by molar-refractivity contribution is 5.13. The van der Waals surface area contributed by atoms with Gasteiger partial charge in [0.1, 0.15) is 6.04 Å². The van der Waals surface area contributed by atoms with E-state index in [-0.39, 0.29) is 6.04 Å². The standard InChI is InChI=1S/C13H21N3/c1-2-5-16-9-11-10-3-6-15(7-4-10)13(11)12(16)8-14/h10-13H,2-7,9H2,1H3. The quantitative estimate of drug-likeness (QED) is 0.701. The van der Waals surface area contributed by atoms with Crippen molar-refractivity contribution in [2.24, 2.45) is 11.8 Å². The molecule has 0 saturated carbocycles. The van der Waals surface area contributed by atoms with Crippen LogP contribution in [0, 0.1) is 23.2 Å². The second kappa shape index (κ2) is 4.01. The van der Waals surface area contributed by atoms with E-state index in [9.17, 15) is 5.26 Å². The summed E-state index contributed by atoms with van der Waals surface area (Å²) < 4.78 is 0. The van der Waals surface area contributed by atoms with E-state index in [4.69, 9.17) is 0 Å². The molecule has 4 fully saturated rings. The molecule has 0 N–H and O–H groups in total. The third-order valence-electron chi connectivity index (χ3n) is 4.85. The first kappa shape index (κ1) is 10.6. The van der Waals surface area contributed by atoms with E-state index in [0.717, 1.165) is 18.4 Å². The topological polar surface area (TPSA) is 30.3 Å². The van der Waals surface area contributed by atoms with Crippen LogP contribution < -0.4 is 0 Å². The first-order chi connectivity index (χ1) is 7.85. The second-order valence-electron chi connectivity index (χ2n) is 5.60. The van der Waals surface area contributed by atoms with Crippen LogP contribution in [0.4, 0.5) is 0 Å². The summed E-state index contributed by atoms with van der Waals surface area (Å²) in [6.07, 6.45) is 3.92. The summed E-state index contributed by atoms with van der Waals surface area (Å²) in [5, 5.41) is 9.41. The number of likely N-dealkylation sites (tertiary alicyclic amines) is 1. The Bertz CT molecular complexity index is 301. The molecule has 4 aliphatic rings. The lowest BCUT2D eigenvalue weighted by atomic mass is 9.74. The van der Waals surface area contributed by atoms with Gasteiger partial charge in [-0.25, -0.2) is 0 Å². The maximum absolute atomic E-state index is 9.41. The molecule has 0 radical (unpaired) electrons. The lowest BCUT2D eigenvalue weighted by Crippen LogP contribution is -2.56.